The van der Waals surface area contributed by atoms with Crippen LogP contribution in [-0.2, 0) is 4.74 Å². The first-order valence-electron chi connectivity index (χ1n) is 16.0. The minimum absolute atomic E-state index is 0.577. The smallest absolute Gasteiger partial charge is 0.225 e. The summed E-state index contributed by atoms with van der Waals surface area (Å²) in [7, 11) is 1.66. The van der Waals surface area contributed by atoms with Crippen molar-refractivity contribution in [2.24, 2.45) is 0 Å². The highest BCUT2D eigenvalue weighted by Gasteiger charge is 2.14. The Balaban J connectivity index is 0.000000142. The van der Waals surface area contributed by atoms with E-state index in [9.17, 15) is 0 Å². The number of hydrogen-bond donors (Lipinski definition) is 4. The van der Waals surface area contributed by atoms with Gasteiger partial charge in [0.2, 0.25) is 11.9 Å². The Morgan fingerprint density at radius 3 is 1.78 bits per heavy atom. The molecule has 8 aromatic rings. The van der Waals surface area contributed by atoms with Crippen LogP contribution in [0.4, 0.5) is 11.9 Å². The topological polar surface area (TPSA) is 171 Å². The summed E-state index contributed by atoms with van der Waals surface area (Å²) in [4.78, 5) is 44.3. The molecule has 0 spiro atoms. The van der Waals surface area contributed by atoms with Crippen LogP contribution >= 0.6 is 0 Å². The predicted octanol–water partition coefficient (Wildman–Crippen LogP) is 4.60. The first kappa shape index (κ1) is 30.2. The minimum Gasteiger partial charge on any atom is -0.383 e. The molecule has 1 aliphatic rings. The van der Waals surface area contributed by atoms with Crippen molar-refractivity contribution in [2.75, 3.05) is 56.7 Å². The first-order valence-corrected chi connectivity index (χ1v) is 16.0. The number of anilines is 2. The molecule has 0 bridgehead atoms. The van der Waals surface area contributed by atoms with Gasteiger partial charge in [-0.25, -0.2) is 29.9 Å². The van der Waals surface area contributed by atoms with Crippen LogP contribution in [0.5, 0.6) is 0 Å². The number of nitrogens with one attached hydrogen (secondary N) is 4. The first-order chi connectivity index (χ1) is 24.2. The molecule has 0 saturated carbocycles. The fourth-order valence-electron chi connectivity index (χ4n) is 5.85. The van der Waals surface area contributed by atoms with Crippen LogP contribution in [0.3, 0.4) is 0 Å². The Kier molecular flexibility index (Phi) is 8.36. The van der Waals surface area contributed by atoms with E-state index in [-0.39, 0.29) is 0 Å². The van der Waals surface area contributed by atoms with E-state index in [1.54, 1.807) is 31.9 Å². The van der Waals surface area contributed by atoms with Gasteiger partial charge < -0.3 is 30.2 Å². The lowest BCUT2D eigenvalue weighted by atomic mass is 10.2. The van der Waals surface area contributed by atoms with E-state index in [2.05, 4.69) is 66.5 Å². The van der Waals surface area contributed by atoms with Gasteiger partial charge in [0.25, 0.3) is 0 Å². The highest BCUT2D eigenvalue weighted by atomic mass is 16.5. The normalized spacial score (nSPS) is 13.2. The molecular formula is C35H33N13O. The molecule has 0 unspecified atom stereocenters. The third-order valence-corrected chi connectivity index (χ3v) is 8.39. The molecule has 0 aliphatic carbocycles. The highest BCUT2D eigenvalue weighted by Crippen LogP contribution is 2.27. The second-order valence-electron chi connectivity index (χ2n) is 11.5. The van der Waals surface area contributed by atoms with E-state index in [4.69, 9.17) is 9.72 Å². The lowest BCUT2D eigenvalue weighted by Gasteiger charge is -2.27. The second kappa shape index (κ2) is 13.5. The maximum Gasteiger partial charge on any atom is 0.225 e. The summed E-state index contributed by atoms with van der Waals surface area (Å²) < 4.78 is 4.99. The van der Waals surface area contributed by atoms with Crippen LogP contribution in [0, 0.1) is 0 Å². The van der Waals surface area contributed by atoms with Crippen molar-refractivity contribution in [3.05, 3.63) is 86.0 Å². The molecule has 14 heteroatoms. The number of hydrogen-bond acceptors (Lipinski definition) is 12. The second-order valence-corrected chi connectivity index (χ2v) is 11.5. The van der Waals surface area contributed by atoms with Gasteiger partial charge in [0.1, 0.15) is 11.3 Å². The standard InChI is InChI=1S/C18H17N7.C17H16N6O/c1-2-15(23-17-13(1)14-11-20-4-3-16(14)24-17)12-9-21-18(22-10-12)25-7-5-19-6-8-25;1-24-7-6-19-17-20-8-11(9-21-17)14-3-2-12-13-10-18-5-4-15(13)23-16(12)22-14/h1-4,9-11,19H,5-8H2,(H,23,24);2-5,8-10H,6-7H2,1H3,(H,22,23)(H,19,20,21). The monoisotopic (exact) mass is 651 g/mol. The van der Waals surface area contributed by atoms with Gasteiger partial charge in [-0.05, 0) is 36.4 Å². The molecule has 0 radical (unpaired) electrons. The number of piperazine rings is 1. The SMILES string of the molecule is COCCNc1ncc(-c2ccc3c(n2)[nH]c2ccncc23)cn1.c1cc2[nH]c3nc(-c4cnc(N5CCNCC5)nc4)ccc3c2cn1. The van der Waals surface area contributed by atoms with Crippen LogP contribution < -0.4 is 15.5 Å². The van der Waals surface area contributed by atoms with Crippen LogP contribution in [0.2, 0.25) is 0 Å². The molecule has 8 aromatic heterocycles. The Bertz CT molecular complexity index is 2350. The molecule has 0 aromatic carbocycles. The van der Waals surface area contributed by atoms with Crippen molar-refractivity contribution in [3.8, 4) is 22.5 Å². The molecular weight excluding hydrogens is 618 g/mol. The maximum absolute atomic E-state index is 4.99. The van der Waals surface area contributed by atoms with E-state index in [1.807, 2.05) is 55.1 Å². The van der Waals surface area contributed by atoms with Crippen molar-refractivity contribution < 1.29 is 4.74 Å². The fourth-order valence-corrected chi connectivity index (χ4v) is 5.85. The van der Waals surface area contributed by atoms with Gasteiger partial charge in [-0.3, -0.25) is 9.97 Å². The molecule has 49 heavy (non-hydrogen) atoms. The summed E-state index contributed by atoms with van der Waals surface area (Å²) >= 11 is 0. The number of H-pyrrole nitrogens is 2. The summed E-state index contributed by atoms with van der Waals surface area (Å²) in [5.41, 5.74) is 7.22. The zero-order valence-electron chi connectivity index (χ0n) is 26.8. The van der Waals surface area contributed by atoms with E-state index >= 15 is 0 Å². The molecule has 4 N–H and O–H groups in total. The zero-order valence-corrected chi connectivity index (χ0v) is 26.8. The average Bonchev–Trinajstić information content (AvgIpc) is 3.73. The number of aromatic amines is 2. The lowest BCUT2D eigenvalue weighted by Crippen LogP contribution is -2.44. The van der Waals surface area contributed by atoms with Gasteiger partial charge in [0.05, 0.1) is 29.0 Å². The van der Waals surface area contributed by atoms with Gasteiger partial charge in [-0.1, -0.05) is 0 Å². The number of methoxy groups -OCH3 is 1. The number of fused-ring (bicyclic) bond motifs is 6. The number of pyridine rings is 4. The van der Waals surface area contributed by atoms with E-state index in [1.165, 1.54) is 0 Å². The zero-order chi connectivity index (χ0) is 33.0. The molecule has 9 rings (SSSR count). The van der Waals surface area contributed by atoms with Crippen molar-refractivity contribution in [3.63, 3.8) is 0 Å². The third-order valence-electron chi connectivity index (χ3n) is 8.39. The van der Waals surface area contributed by atoms with Gasteiger partial charge >= 0.3 is 0 Å². The van der Waals surface area contributed by atoms with E-state index in [0.717, 1.165) is 98.5 Å². The Hall–Kier alpha value is -6.12. The van der Waals surface area contributed by atoms with Crippen LogP contribution in [0.15, 0.2) is 86.0 Å². The van der Waals surface area contributed by atoms with Gasteiger partial charge in [-0.15, -0.1) is 0 Å². The number of ether oxygens (including phenoxy) is 1. The van der Waals surface area contributed by atoms with Crippen LogP contribution in [-0.4, -0.2) is 96.3 Å². The van der Waals surface area contributed by atoms with Crippen LogP contribution in [0.25, 0.3) is 66.4 Å². The van der Waals surface area contributed by atoms with Crippen molar-refractivity contribution in [1.29, 1.82) is 0 Å². The molecule has 0 atom stereocenters. The van der Waals surface area contributed by atoms with Gasteiger partial charge in [-0.2, -0.15) is 0 Å². The van der Waals surface area contributed by atoms with E-state index < -0.39 is 0 Å². The highest BCUT2D eigenvalue weighted by molar-refractivity contribution is 6.06. The van der Waals surface area contributed by atoms with Crippen LogP contribution in [0.1, 0.15) is 0 Å². The summed E-state index contributed by atoms with van der Waals surface area (Å²) in [5.74, 6) is 1.36. The average molecular weight is 652 g/mol. The molecule has 1 fully saturated rings. The van der Waals surface area contributed by atoms with Crippen molar-refractivity contribution in [2.45, 2.75) is 0 Å². The van der Waals surface area contributed by atoms with Crippen molar-refractivity contribution >= 4 is 55.8 Å². The molecule has 0 amide bonds. The summed E-state index contributed by atoms with van der Waals surface area (Å²) in [6.45, 7) is 5.10. The maximum atomic E-state index is 4.99. The van der Waals surface area contributed by atoms with E-state index in [0.29, 0.717) is 19.1 Å². The van der Waals surface area contributed by atoms with Gasteiger partial charge in [0.15, 0.2) is 0 Å². The summed E-state index contributed by atoms with van der Waals surface area (Å²) in [6, 6.07) is 12.0. The predicted molar refractivity (Wildman–Crippen MR) is 190 cm³/mol. The number of nitrogens with zero attached hydrogens (tertiary/aromatic N) is 9. The summed E-state index contributed by atoms with van der Waals surface area (Å²) in [5, 5.41) is 10.7. The largest absolute Gasteiger partial charge is 0.383 e. The molecule has 1 aliphatic heterocycles. The van der Waals surface area contributed by atoms with Gasteiger partial charge in [0, 0.05) is 122 Å². The lowest BCUT2D eigenvalue weighted by molar-refractivity contribution is 0.210. The quantitative estimate of drug-likeness (QED) is 0.177. The molecule has 244 valence electrons. The summed E-state index contributed by atoms with van der Waals surface area (Å²) in [6.07, 6.45) is 14.5. The molecule has 14 nitrogen and oxygen atoms in total. The Morgan fingerprint density at radius 1 is 0.673 bits per heavy atom. The molecule has 9 heterocycles. The Labute approximate surface area is 280 Å². The van der Waals surface area contributed by atoms with Crippen molar-refractivity contribution in [1.82, 2.24) is 55.2 Å². The fraction of sp³-hybridized carbons (Fsp3) is 0.200. The minimum atomic E-state index is 0.577. The number of rotatable bonds is 7. The molecule has 1 saturated heterocycles. The third kappa shape index (κ3) is 6.29. The Morgan fingerprint density at radius 2 is 1.22 bits per heavy atom. The number of aromatic nitrogens is 10.